The standard InChI is InChI=1S/C14H20N4OS/c1-3-13-16-12(9-20-13)8-18-6-4-11(5-7-18)14-15-10(2)17-19-14/h9,11H,3-8H2,1-2H3. The Kier molecular flexibility index (Phi) is 4.12. The van der Waals surface area contributed by atoms with E-state index in [2.05, 4.69) is 32.3 Å². The minimum Gasteiger partial charge on any atom is -0.339 e. The predicted molar refractivity (Wildman–Crippen MR) is 77.8 cm³/mol. The van der Waals surface area contributed by atoms with Gasteiger partial charge in [0.25, 0.3) is 0 Å². The summed E-state index contributed by atoms with van der Waals surface area (Å²) in [5.41, 5.74) is 1.21. The number of nitrogens with zero attached hydrogens (tertiary/aromatic N) is 4. The van der Waals surface area contributed by atoms with Crippen molar-refractivity contribution in [3.8, 4) is 0 Å². The van der Waals surface area contributed by atoms with Crippen molar-refractivity contribution < 1.29 is 4.52 Å². The minimum atomic E-state index is 0.425. The fourth-order valence-corrected chi connectivity index (χ4v) is 3.37. The Bertz CT molecular complexity index is 557. The van der Waals surface area contributed by atoms with Crippen molar-refractivity contribution in [2.45, 2.75) is 45.6 Å². The third-order valence-corrected chi connectivity index (χ3v) is 4.81. The van der Waals surface area contributed by atoms with E-state index >= 15 is 0 Å². The van der Waals surface area contributed by atoms with Gasteiger partial charge in [0, 0.05) is 17.8 Å². The number of aromatic nitrogens is 3. The first kappa shape index (κ1) is 13.7. The third kappa shape index (κ3) is 3.07. The molecule has 1 aliphatic rings. The molecule has 3 heterocycles. The summed E-state index contributed by atoms with van der Waals surface area (Å²) in [7, 11) is 0. The van der Waals surface area contributed by atoms with Crippen LogP contribution < -0.4 is 0 Å². The monoisotopic (exact) mass is 292 g/mol. The Morgan fingerprint density at radius 1 is 1.35 bits per heavy atom. The second kappa shape index (κ2) is 6.01. The summed E-state index contributed by atoms with van der Waals surface area (Å²) in [5.74, 6) is 1.97. The van der Waals surface area contributed by atoms with Crippen LogP contribution in [0.15, 0.2) is 9.90 Å². The van der Waals surface area contributed by atoms with E-state index < -0.39 is 0 Å². The molecule has 2 aromatic heterocycles. The molecule has 0 radical (unpaired) electrons. The van der Waals surface area contributed by atoms with Gasteiger partial charge in [0.2, 0.25) is 5.89 Å². The lowest BCUT2D eigenvalue weighted by molar-refractivity contribution is 0.186. The van der Waals surface area contributed by atoms with Gasteiger partial charge in [-0.2, -0.15) is 4.98 Å². The van der Waals surface area contributed by atoms with Gasteiger partial charge in [-0.15, -0.1) is 11.3 Å². The van der Waals surface area contributed by atoms with Gasteiger partial charge in [-0.25, -0.2) is 4.98 Å². The van der Waals surface area contributed by atoms with E-state index in [-0.39, 0.29) is 0 Å². The van der Waals surface area contributed by atoms with Gasteiger partial charge in [0.05, 0.1) is 10.7 Å². The Morgan fingerprint density at radius 3 is 2.75 bits per heavy atom. The zero-order valence-corrected chi connectivity index (χ0v) is 12.8. The Hall–Kier alpha value is -1.27. The molecule has 6 heteroatoms. The first-order valence-corrected chi connectivity index (χ1v) is 8.08. The van der Waals surface area contributed by atoms with Crippen molar-refractivity contribution in [3.05, 3.63) is 27.8 Å². The lowest BCUT2D eigenvalue weighted by atomic mass is 9.97. The average Bonchev–Trinajstić information content (AvgIpc) is 3.09. The van der Waals surface area contributed by atoms with Gasteiger partial charge in [-0.05, 0) is 39.3 Å². The summed E-state index contributed by atoms with van der Waals surface area (Å²) in [6, 6.07) is 0. The van der Waals surface area contributed by atoms with Crippen LogP contribution in [0.2, 0.25) is 0 Å². The van der Waals surface area contributed by atoms with Gasteiger partial charge >= 0.3 is 0 Å². The van der Waals surface area contributed by atoms with Gasteiger partial charge in [-0.3, -0.25) is 4.90 Å². The molecule has 0 aliphatic carbocycles. The number of piperidine rings is 1. The number of hydrogen-bond acceptors (Lipinski definition) is 6. The van der Waals surface area contributed by atoms with Crippen molar-refractivity contribution in [1.29, 1.82) is 0 Å². The number of likely N-dealkylation sites (tertiary alicyclic amines) is 1. The van der Waals surface area contributed by atoms with E-state index in [1.807, 2.05) is 6.92 Å². The van der Waals surface area contributed by atoms with Crippen LogP contribution >= 0.6 is 11.3 Å². The summed E-state index contributed by atoms with van der Waals surface area (Å²) in [4.78, 5) is 11.5. The maximum atomic E-state index is 5.28. The summed E-state index contributed by atoms with van der Waals surface area (Å²) in [6.07, 6.45) is 3.21. The smallest absolute Gasteiger partial charge is 0.229 e. The summed E-state index contributed by atoms with van der Waals surface area (Å²) >= 11 is 1.77. The highest BCUT2D eigenvalue weighted by molar-refractivity contribution is 7.09. The highest BCUT2D eigenvalue weighted by Crippen LogP contribution is 2.27. The molecule has 2 aromatic rings. The fourth-order valence-electron chi connectivity index (χ4n) is 2.63. The van der Waals surface area contributed by atoms with Crippen molar-refractivity contribution in [2.24, 2.45) is 0 Å². The quantitative estimate of drug-likeness (QED) is 0.867. The van der Waals surface area contributed by atoms with Crippen LogP contribution in [0.4, 0.5) is 0 Å². The molecular weight excluding hydrogens is 272 g/mol. The van der Waals surface area contributed by atoms with Crippen LogP contribution in [-0.4, -0.2) is 33.1 Å². The SMILES string of the molecule is CCc1nc(CN2CCC(c3nc(C)no3)CC2)cs1. The molecule has 0 atom stereocenters. The molecule has 5 nitrogen and oxygen atoms in total. The lowest BCUT2D eigenvalue weighted by Crippen LogP contribution is -2.32. The van der Waals surface area contributed by atoms with Crippen LogP contribution in [0.25, 0.3) is 0 Å². The first-order valence-electron chi connectivity index (χ1n) is 7.20. The molecule has 108 valence electrons. The molecule has 20 heavy (non-hydrogen) atoms. The molecule has 1 saturated heterocycles. The largest absolute Gasteiger partial charge is 0.339 e. The molecule has 1 aliphatic heterocycles. The molecule has 0 unspecified atom stereocenters. The van der Waals surface area contributed by atoms with Crippen LogP contribution in [0.1, 0.15) is 48.1 Å². The Balaban J connectivity index is 1.53. The second-order valence-corrected chi connectivity index (χ2v) is 6.26. The van der Waals surface area contributed by atoms with Crippen LogP contribution in [0.3, 0.4) is 0 Å². The molecule has 3 rings (SSSR count). The van der Waals surface area contributed by atoms with Crippen LogP contribution in [0.5, 0.6) is 0 Å². The van der Waals surface area contributed by atoms with Crippen molar-refractivity contribution in [2.75, 3.05) is 13.1 Å². The fraction of sp³-hybridized carbons (Fsp3) is 0.643. The van der Waals surface area contributed by atoms with E-state index in [1.54, 1.807) is 11.3 Å². The van der Waals surface area contributed by atoms with Gasteiger partial charge in [0.15, 0.2) is 5.82 Å². The molecule has 1 fully saturated rings. The maximum Gasteiger partial charge on any atom is 0.229 e. The van der Waals surface area contributed by atoms with E-state index in [4.69, 9.17) is 4.52 Å². The second-order valence-electron chi connectivity index (χ2n) is 5.32. The predicted octanol–water partition coefficient (Wildman–Crippen LogP) is 2.78. The van der Waals surface area contributed by atoms with Gasteiger partial charge in [-0.1, -0.05) is 12.1 Å². The summed E-state index contributed by atoms with van der Waals surface area (Å²) in [6.45, 7) is 7.14. The zero-order valence-electron chi connectivity index (χ0n) is 12.0. The van der Waals surface area contributed by atoms with Gasteiger partial charge < -0.3 is 4.52 Å². The molecule has 0 bridgehead atoms. The molecular formula is C14H20N4OS. The Morgan fingerprint density at radius 2 is 2.15 bits per heavy atom. The topological polar surface area (TPSA) is 55.1 Å². The van der Waals surface area contributed by atoms with Crippen molar-refractivity contribution >= 4 is 11.3 Å². The Labute approximate surface area is 123 Å². The van der Waals surface area contributed by atoms with E-state index in [1.165, 1.54) is 10.7 Å². The molecule has 0 spiro atoms. The van der Waals surface area contributed by atoms with Crippen molar-refractivity contribution in [1.82, 2.24) is 20.0 Å². The van der Waals surface area contributed by atoms with Crippen LogP contribution in [0, 0.1) is 6.92 Å². The normalized spacial score (nSPS) is 17.7. The van der Waals surface area contributed by atoms with Crippen molar-refractivity contribution in [3.63, 3.8) is 0 Å². The molecule has 0 N–H and O–H groups in total. The average molecular weight is 292 g/mol. The highest BCUT2D eigenvalue weighted by Gasteiger charge is 2.25. The number of aryl methyl sites for hydroxylation is 2. The molecule has 0 amide bonds. The number of thiazole rings is 1. The van der Waals surface area contributed by atoms with Crippen LogP contribution in [-0.2, 0) is 13.0 Å². The van der Waals surface area contributed by atoms with Gasteiger partial charge in [0.1, 0.15) is 0 Å². The van der Waals surface area contributed by atoms with E-state index in [0.29, 0.717) is 5.92 Å². The molecule has 0 aromatic carbocycles. The summed E-state index contributed by atoms with van der Waals surface area (Å²) < 4.78 is 5.28. The summed E-state index contributed by atoms with van der Waals surface area (Å²) in [5, 5.41) is 7.30. The van der Waals surface area contributed by atoms with E-state index in [9.17, 15) is 0 Å². The zero-order chi connectivity index (χ0) is 13.9. The highest BCUT2D eigenvalue weighted by atomic mass is 32.1. The number of rotatable bonds is 4. The third-order valence-electron chi connectivity index (χ3n) is 3.77. The van der Waals surface area contributed by atoms with E-state index in [0.717, 1.165) is 50.6 Å². The number of hydrogen-bond donors (Lipinski definition) is 0. The maximum absolute atomic E-state index is 5.28. The lowest BCUT2D eigenvalue weighted by Gasteiger charge is -2.29. The minimum absolute atomic E-state index is 0.425. The first-order chi connectivity index (χ1) is 9.74. The molecule has 0 saturated carbocycles.